The van der Waals surface area contributed by atoms with Crippen LogP contribution in [0, 0.1) is 11.8 Å². The fourth-order valence-corrected chi connectivity index (χ4v) is 5.69. The third kappa shape index (κ3) is 3.67. The van der Waals surface area contributed by atoms with E-state index in [-0.39, 0.29) is 17.1 Å². The molecule has 4 nitrogen and oxygen atoms in total. The standard InChI is InChI=1S/C33H18N2O2S/c36-31-26-17-22-11-7-8-12-23(22)18-27(26)32(37)28(31)19-25-20-29-33(35(25)24-13-5-2-6-14-24)34-30(38-29)16-15-21-9-3-1-4-10-21/h1-14,17-20H. The summed E-state index contributed by atoms with van der Waals surface area (Å²) in [5.41, 5.74) is 4.36. The van der Waals surface area contributed by atoms with Crippen LogP contribution < -0.4 is 0 Å². The molecule has 4 aromatic carbocycles. The fourth-order valence-electron chi connectivity index (χ4n) is 4.84. The molecule has 0 N–H and O–H groups in total. The number of benzene rings is 4. The molecule has 0 saturated heterocycles. The quantitative estimate of drug-likeness (QED) is 0.143. The smallest absolute Gasteiger partial charge is 0.197 e. The molecular weight excluding hydrogens is 488 g/mol. The number of para-hydroxylation sites is 1. The lowest BCUT2D eigenvalue weighted by atomic mass is 10.0. The number of carbonyl (C=O) groups is 2. The van der Waals surface area contributed by atoms with E-state index in [1.807, 2.05) is 108 Å². The first-order valence-electron chi connectivity index (χ1n) is 12.1. The maximum Gasteiger partial charge on any atom is 0.197 e. The Morgan fingerprint density at radius 3 is 1.97 bits per heavy atom. The van der Waals surface area contributed by atoms with Crippen LogP contribution in [0.3, 0.4) is 0 Å². The number of nitrogens with zero attached hydrogens (tertiary/aromatic N) is 2. The van der Waals surface area contributed by atoms with Crippen LogP contribution in [0.5, 0.6) is 0 Å². The molecule has 5 heteroatoms. The number of thiazole rings is 1. The van der Waals surface area contributed by atoms with Gasteiger partial charge < -0.3 is 0 Å². The van der Waals surface area contributed by atoms with Gasteiger partial charge in [0.2, 0.25) is 0 Å². The van der Waals surface area contributed by atoms with E-state index < -0.39 is 0 Å². The number of allylic oxidation sites excluding steroid dienone is 1. The molecule has 0 amide bonds. The summed E-state index contributed by atoms with van der Waals surface area (Å²) in [6.45, 7) is 0. The zero-order chi connectivity index (χ0) is 25.6. The van der Waals surface area contributed by atoms with Crippen LogP contribution in [0.4, 0.5) is 0 Å². The Kier molecular flexibility index (Phi) is 5.14. The Bertz CT molecular complexity index is 1950. The van der Waals surface area contributed by atoms with Crippen LogP contribution in [0.2, 0.25) is 0 Å². The molecule has 178 valence electrons. The normalized spacial score (nSPS) is 12.6. The molecule has 7 rings (SSSR count). The van der Waals surface area contributed by atoms with Crippen LogP contribution in [0.15, 0.2) is 109 Å². The topological polar surface area (TPSA) is 52.0 Å². The summed E-state index contributed by atoms with van der Waals surface area (Å²) in [4.78, 5) is 31.6. The summed E-state index contributed by atoms with van der Waals surface area (Å²) >= 11 is 1.49. The summed E-state index contributed by atoms with van der Waals surface area (Å²) in [5.74, 6) is 5.84. The van der Waals surface area contributed by atoms with E-state index in [1.54, 1.807) is 6.08 Å². The molecule has 1 aliphatic rings. The van der Waals surface area contributed by atoms with E-state index in [4.69, 9.17) is 4.98 Å². The second-order valence-electron chi connectivity index (χ2n) is 9.02. The second-order valence-corrected chi connectivity index (χ2v) is 10.1. The van der Waals surface area contributed by atoms with Crippen LogP contribution >= 0.6 is 11.3 Å². The van der Waals surface area contributed by atoms with Crippen molar-refractivity contribution >= 4 is 50.1 Å². The minimum Gasteiger partial charge on any atom is -0.294 e. The molecule has 0 unspecified atom stereocenters. The first-order valence-corrected chi connectivity index (χ1v) is 13.0. The van der Waals surface area contributed by atoms with Gasteiger partial charge in [0.05, 0.1) is 16.0 Å². The van der Waals surface area contributed by atoms with E-state index in [9.17, 15) is 9.59 Å². The molecule has 2 aromatic heterocycles. The summed E-state index contributed by atoms with van der Waals surface area (Å²) < 4.78 is 2.91. The highest BCUT2D eigenvalue weighted by atomic mass is 32.1. The van der Waals surface area contributed by atoms with Crippen molar-refractivity contribution in [3.05, 3.63) is 136 Å². The minimum atomic E-state index is -0.248. The molecule has 2 heterocycles. The Hall–Kier alpha value is -5.05. The first-order chi connectivity index (χ1) is 18.7. The highest BCUT2D eigenvalue weighted by Gasteiger charge is 2.34. The van der Waals surface area contributed by atoms with Gasteiger partial charge in [0.1, 0.15) is 0 Å². The minimum absolute atomic E-state index is 0.168. The van der Waals surface area contributed by atoms with Crippen molar-refractivity contribution in [2.24, 2.45) is 0 Å². The van der Waals surface area contributed by atoms with Gasteiger partial charge in [0.15, 0.2) is 22.2 Å². The number of hydrogen-bond donors (Lipinski definition) is 0. The maximum atomic E-state index is 13.4. The van der Waals surface area contributed by atoms with Crippen molar-refractivity contribution in [1.29, 1.82) is 0 Å². The van der Waals surface area contributed by atoms with Crippen LogP contribution in [-0.2, 0) is 0 Å². The molecule has 0 fully saturated rings. The van der Waals surface area contributed by atoms with Gasteiger partial charge >= 0.3 is 0 Å². The summed E-state index contributed by atoms with van der Waals surface area (Å²) in [5, 5.41) is 2.58. The van der Waals surface area contributed by atoms with E-state index in [1.165, 1.54) is 11.3 Å². The van der Waals surface area contributed by atoms with Gasteiger partial charge in [0.25, 0.3) is 0 Å². The Morgan fingerprint density at radius 1 is 0.711 bits per heavy atom. The lowest BCUT2D eigenvalue weighted by molar-refractivity contribution is 0.0990. The Morgan fingerprint density at radius 2 is 1.32 bits per heavy atom. The van der Waals surface area contributed by atoms with Gasteiger partial charge in [-0.05, 0) is 65.2 Å². The van der Waals surface area contributed by atoms with Crippen molar-refractivity contribution < 1.29 is 9.59 Å². The monoisotopic (exact) mass is 506 g/mol. The van der Waals surface area contributed by atoms with Crippen molar-refractivity contribution in [3.8, 4) is 17.5 Å². The van der Waals surface area contributed by atoms with Crippen molar-refractivity contribution in [2.45, 2.75) is 0 Å². The molecular formula is C33H18N2O2S. The number of rotatable bonds is 2. The van der Waals surface area contributed by atoms with Crippen molar-refractivity contribution in [2.75, 3.05) is 0 Å². The molecule has 6 aromatic rings. The van der Waals surface area contributed by atoms with E-state index >= 15 is 0 Å². The number of carbonyl (C=O) groups excluding carboxylic acids is 2. The largest absolute Gasteiger partial charge is 0.294 e. The first kappa shape index (κ1) is 22.2. The highest BCUT2D eigenvalue weighted by Crippen LogP contribution is 2.34. The van der Waals surface area contributed by atoms with Crippen molar-refractivity contribution in [1.82, 2.24) is 9.55 Å². The van der Waals surface area contributed by atoms with Gasteiger partial charge in [-0.25, -0.2) is 4.98 Å². The molecule has 0 spiro atoms. The zero-order valence-corrected chi connectivity index (χ0v) is 20.8. The number of aromatic nitrogens is 2. The van der Waals surface area contributed by atoms with Crippen LogP contribution in [0.1, 0.15) is 37.0 Å². The van der Waals surface area contributed by atoms with Gasteiger partial charge in [0, 0.05) is 22.4 Å². The lowest BCUT2D eigenvalue weighted by Crippen LogP contribution is -2.03. The summed E-state index contributed by atoms with van der Waals surface area (Å²) in [7, 11) is 0. The number of ketones is 2. The average molecular weight is 507 g/mol. The van der Waals surface area contributed by atoms with Gasteiger partial charge in [-0.3, -0.25) is 14.2 Å². The molecule has 0 saturated carbocycles. The van der Waals surface area contributed by atoms with Crippen LogP contribution in [-0.4, -0.2) is 21.1 Å². The number of fused-ring (bicyclic) bond motifs is 3. The number of Topliss-reactive ketones (excluding diaryl/α,β-unsaturated/α-hetero) is 2. The molecule has 0 radical (unpaired) electrons. The van der Waals surface area contributed by atoms with E-state index in [0.717, 1.165) is 38.1 Å². The molecule has 1 aliphatic carbocycles. The predicted molar refractivity (Wildman–Crippen MR) is 152 cm³/mol. The van der Waals surface area contributed by atoms with Gasteiger partial charge in [-0.15, -0.1) is 11.3 Å². The third-order valence-corrected chi connectivity index (χ3v) is 7.55. The summed E-state index contributed by atoms with van der Waals surface area (Å²) in [6.07, 6.45) is 1.70. The van der Waals surface area contributed by atoms with E-state index in [2.05, 4.69) is 11.8 Å². The van der Waals surface area contributed by atoms with Gasteiger partial charge in [-0.2, -0.15) is 0 Å². The third-order valence-electron chi connectivity index (χ3n) is 6.64. The van der Waals surface area contributed by atoms with Crippen LogP contribution in [0.25, 0.3) is 32.9 Å². The fraction of sp³-hybridized carbons (Fsp3) is 0. The Balaban J connectivity index is 1.36. The highest BCUT2D eigenvalue weighted by molar-refractivity contribution is 7.19. The van der Waals surface area contributed by atoms with Gasteiger partial charge in [-0.1, -0.05) is 66.6 Å². The SMILES string of the molecule is O=C1C(=Cc2cc3sc(C#Cc4ccccc4)nc3n2-c2ccccc2)C(=O)c2cc3ccccc3cc21. The van der Waals surface area contributed by atoms with E-state index in [0.29, 0.717) is 16.1 Å². The summed E-state index contributed by atoms with van der Waals surface area (Å²) in [6, 6.07) is 33.0. The number of hydrogen-bond acceptors (Lipinski definition) is 4. The predicted octanol–water partition coefficient (Wildman–Crippen LogP) is 7.10. The zero-order valence-electron chi connectivity index (χ0n) is 20.0. The van der Waals surface area contributed by atoms with Crippen molar-refractivity contribution in [3.63, 3.8) is 0 Å². The second kappa shape index (κ2) is 8.81. The molecule has 38 heavy (non-hydrogen) atoms. The molecule has 0 aliphatic heterocycles. The maximum absolute atomic E-state index is 13.4. The Labute approximate surface area is 222 Å². The molecule has 0 atom stereocenters. The molecule has 0 bridgehead atoms. The average Bonchev–Trinajstić information content (AvgIpc) is 3.57. The lowest BCUT2D eigenvalue weighted by Gasteiger charge is -2.07.